The van der Waals surface area contributed by atoms with Crippen LogP contribution in [-0.2, 0) is 4.79 Å². The third-order valence-corrected chi connectivity index (χ3v) is 2.24. The number of methoxy groups -OCH3 is 2. The maximum Gasteiger partial charge on any atom is 0.328 e. The molecule has 0 aromatic heterocycles. The Bertz CT molecular complexity index is 426. The number of carbonyl (C=O) groups is 1. The van der Waals surface area contributed by atoms with Gasteiger partial charge in [-0.3, -0.25) is 0 Å². The van der Waals surface area contributed by atoms with Crippen LogP contribution >= 0.6 is 11.6 Å². The lowest BCUT2D eigenvalue weighted by molar-refractivity contribution is -0.131. The maximum absolute atomic E-state index is 10.4. The molecule has 1 N–H and O–H groups in total. The minimum absolute atomic E-state index is 0.398. The van der Waals surface area contributed by atoms with Crippen molar-refractivity contribution in [1.29, 1.82) is 0 Å². The summed E-state index contributed by atoms with van der Waals surface area (Å²) < 4.78 is 10.1. The fourth-order valence-corrected chi connectivity index (χ4v) is 1.38. The van der Waals surface area contributed by atoms with Gasteiger partial charge in [-0.15, -0.1) is 0 Å². The van der Waals surface area contributed by atoms with Crippen LogP contribution in [0.3, 0.4) is 0 Å². The van der Waals surface area contributed by atoms with Gasteiger partial charge in [0.1, 0.15) is 0 Å². The lowest BCUT2D eigenvalue weighted by Crippen LogP contribution is -1.92. The minimum Gasteiger partial charge on any atom is -0.493 e. The predicted molar refractivity (Wildman–Crippen MR) is 61.2 cm³/mol. The standard InChI is InChI=1S/C11H11ClO4/c1-15-9-5-7(3-4-11(13)14)8(12)6-10(9)16-2/h3-6H,1-2H3,(H,13,14). The largest absolute Gasteiger partial charge is 0.493 e. The molecule has 5 heteroatoms. The average molecular weight is 243 g/mol. The van der Waals surface area contributed by atoms with Crippen LogP contribution in [0.5, 0.6) is 11.5 Å². The molecule has 0 aliphatic heterocycles. The van der Waals surface area contributed by atoms with E-state index in [2.05, 4.69) is 0 Å². The van der Waals surface area contributed by atoms with E-state index in [1.807, 2.05) is 0 Å². The Labute approximate surface area is 98.1 Å². The zero-order valence-electron chi connectivity index (χ0n) is 8.86. The number of benzene rings is 1. The summed E-state index contributed by atoms with van der Waals surface area (Å²) in [5, 5.41) is 8.91. The fourth-order valence-electron chi connectivity index (χ4n) is 1.16. The molecule has 4 nitrogen and oxygen atoms in total. The molecule has 0 atom stereocenters. The van der Waals surface area contributed by atoms with Gasteiger partial charge in [-0.2, -0.15) is 0 Å². The van der Waals surface area contributed by atoms with Gasteiger partial charge in [-0.1, -0.05) is 11.6 Å². The lowest BCUT2D eigenvalue weighted by atomic mass is 10.2. The summed E-state index contributed by atoms with van der Waals surface area (Å²) in [6, 6.07) is 3.18. The van der Waals surface area contributed by atoms with Gasteiger partial charge in [-0.25, -0.2) is 4.79 Å². The summed E-state index contributed by atoms with van der Waals surface area (Å²) in [5.74, 6) is -0.0391. The number of rotatable bonds is 4. The third-order valence-electron chi connectivity index (χ3n) is 1.91. The molecule has 0 spiro atoms. The molecule has 0 aliphatic rings. The predicted octanol–water partition coefficient (Wildman–Crippen LogP) is 2.46. The summed E-state index contributed by atoms with van der Waals surface area (Å²) in [4.78, 5) is 10.4. The monoisotopic (exact) mass is 242 g/mol. The van der Waals surface area contributed by atoms with Crippen molar-refractivity contribution in [2.75, 3.05) is 14.2 Å². The molecule has 1 aromatic rings. The van der Waals surface area contributed by atoms with E-state index in [0.717, 1.165) is 6.08 Å². The number of hydrogen-bond acceptors (Lipinski definition) is 3. The second-order valence-corrected chi connectivity index (χ2v) is 3.31. The Morgan fingerprint density at radius 1 is 1.31 bits per heavy atom. The minimum atomic E-state index is -1.04. The molecule has 0 fully saturated rings. The molecule has 0 unspecified atom stereocenters. The molecule has 0 saturated carbocycles. The van der Waals surface area contributed by atoms with Gasteiger partial charge in [0.15, 0.2) is 11.5 Å². The van der Waals surface area contributed by atoms with Crippen molar-refractivity contribution in [3.05, 3.63) is 28.8 Å². The molecule has 1 aromatic carbocycles. The summed E-state index contributed by atoms with van der Waals surface area (Å²) in [6.45, 7) is 0. The van der Waals surface area contributed by atoms with Crippen molar-refractivity contribution < 1.29 is 19.4 Å². The van der Waals surface area contributed by atoms with E-state index in [1.165, 1.54) is 20.3 Å². The van der Waals surface area contributed by atoms with Crippen LogP contribution in [0.1, 0.15) is 5.56 Å². The highest BCUT2D eigenvalue weighted by atomic mass is 35.5. The third kappa shape index (κ3) is 2.90. The first-order valence-electron chi connectivity index (χ1n) is 4.41. The van der Waals surface area contributed by atoms with E-state index in [0.29, 0.717) is 22.1 Å². The topological polar surface area (TPSA) is 55.8 Å². The lowest BCUT2D eigenvalue weighted by Gasteiger charge is -2.09. The molecule has 16 heavy (non-hydrogen) atoms. The van der Waals surface area contributed by atoms with Crippen molar-refractivity contribution in [2.45, 2.75) is 0 Å². The van der Waals surface area contributed by atoms with Gasteiger partial charge < -0.3 is 14.6 Å². The van der Waals surface area contributed by atoms with E-state index >= 15 is 0 Å². The van der Waals surface area contributed by atoms with Crippen LogP contribution in [0.25, 0.3) is 6.08 Å². The van der Waals surface area contributed by atoms with E-state index in [-0.39, 0.29) is 0 Å². The van der Waals surface area contributed by atoms with Crippen molar-refractivity contribution in [3.8, 4) is 11.5 Å². The zero-order valence-corrected chi connectivity index (χ0v) is 9.62. The van der Waals surface area contributed by atoms with Crippen LogP contribution < -0.4 is 9.47 Å². The van der Waals surface area contributed by atoms with Crippen LogP contribution in [0.15, 0.2) is 18.2 Å². The highest BCUT2D eigenvalue weighted by Gasteiger charge is 2.07. The summed E-state index contributed by atoms with van der Waals surface area (Å²) in [5.41, 5.74) is 0.557. The molecular formula is C11H11ClO4. The van der Waals surface area contributed by atoms with Crippen molar-refractivity contribution >= 4 is 23.6 Å². The first kappa shape index (κ1) is 12.4. The van der Waals surface area contributed by atoms with E-state index < -0.39 is 5.97 Å². The summed E-state index contributed by atoms with van der Waals surface area (Å²) in [6.07, 6.45) is 2.40. The van der Waals surface area contributed by atoms with Gasteiger partial charge >= 0.3 is 5.97 Å². The van der Waals surface area contributed by atoms with Gasteiger partial charge in [0, 0.05) is 12.1 Å². The Balaban J connectivity index is 3.16. The Kier molecular flexibility index (Phi) is 4.19. The number of halogens is 1. The second-order valence-electron chi connectivity index (χ2n) is 2.90. The van der Waals surface area contributed by atoms with Crippen molar-refractivity contribution in [1.82, 2.24) is 0 Å². The molecule has 0 aliphatic carbocycles. The number of hydrogen-bond donors (Lipinski definition) is 1. The van der Waals surface area contributed by atoms with Gasteiger partial charge in [0.05, 0.1) is 19.2 Å². The zero-order chi connectivity index (χ0) is 12.1. The highest BCUT2D eigenvalue weighted by Crippen LogP contribution is 2.33. The molecule has 86 valence electrons. The van der Waals surface area contributed by atoms with Crippen LogP contribution in [-0.4, -0.2) is 25.3 Å². The molecule has 0 heterocycles. The Morgan fingerprint density at radius 3 is 2.38 bits per heavy atom. The summed E-state index contributed by atoms with van der Waals surface area (Å²) >= 11 is 5.94. The van der Waals surface area contributed by atoms with E-state index in [9.17, 15) is 4.79 Å². The Hall–Kier alpha value is -1.68. The van der Waals surface area contributed by atoms with Crippen LogP contribution in [0.2, 0.25) is 5.02 Å². The highest BCUT2D eigenvalue weighted by molar-refractivity contribution is 6.32. The fraction of sp³-hybridized carbons (Fsp3) is 0.182. The average Bonchev–Trinajstić information content (AvgIpc) is 2.26. The SMILES string of the molecule is COc1cc(Cl)c(C=CC(=O)O)cc1OC. The number of aliphatic carboxylic acids is 1. The normalized spacial score (nSPS) is 10.4. The smallest absolute Gasteiger partial charge is 0.328 e. The maximum atomic E-state index is 10.4. The summed E-state index contributed by atoms with van der Waals surface area (Å²) in [7, 11) is 3.00. The number of carboxylic acid groups (broad SMARTS) is 1. The second kappa shape index (κ2) is 5.42. The number of carboxylic acids is 1. The molecule has 0 bridgehead atoms. The van der Waals surface area contributed by atoms with Crippen LogP contribution in [0, 0.1) is 0 Å². The van der Waals surface area contributed by atoms with Gasteiger partial charge in [-0.05, 0) is 17.7 Å². The first-order chi connectivity index (χ1) is 7.58. The molecular weight excluding hydrogens is 232 g/mol. The van der Waals surface area contributed by atoms with E-state index in [1.54, 1.807) is 12.1 Å². The first-order valence-corrected chi connectivity index (χ1v) is 4.78. The molecule has 0 saturated heterocycles. The van der Waals surface area contributed by atoms with Crippen molar-refractivity contribution in [3.63, 3.8) is 0 Å². The van der Waals surface area contributed by atoms with Crippen molar-refractivity contribution in [2.24, 2.45) is 0 Å². The van der Waals surface area contributed by atoms with Crippen LogP contribution in [0.4, 0.5) is 0 Å². The number of ether oxygens (including phenoxy) is 2. The molecule has 1 rings (SSSR count). The quantitative estimate of drug-likeness (QED) is 0.824. The van der Waals surface area contributed by atoms with Gasteiger partial charge in [0.2, 0.25) is 0 Å². The van der Waals surface area contributed by atoms with E-state index in [4.69, 9.17) is 26.2 Å². The molecule has 0 radical (unpaired) electrons. The Morgan fingerprint density at radius 2 is 1.88 bits per heavy atom. The van der Waals surface area contributed by atoms with Gasteiger partial charge in [0.25, 0.3) is 0 Å². The molecule has 0 amide bonds.